The van der Waals surface area contributed by atoms with Crippen molar-refractivity contribution < 1.29 is 24.5 Å². The second kappa shape index (κ2) is 6.58. The van der Waals surface area contributed by atoms with Gasteiger partial charge in [0.1, 0.15) is 22.6 Å². The van der Waals surface area contributed by atoms with Gasteiger partial charge in [0, 0.05) is 0 Å². The topological polar surface area (TPSA) is 83.8 Å². The molecule has 2 aromatic carbocycles. The fourth-order valence-electron chi connectivity index (χ4n) is 1.53. The number of carbonyl (C=O) groups is 2. The van der Waals surface area contributed by atoms with Crippen molar-refractivity contribution >= 4 is 24.3 Å². The monoisotopic (exact) mass is 294 g/mol. The Labute approximate surface area is 120 Å². The zero-order valence-corrected chi connectivity index (χ0v) is 11.0. The number of carboxylic acids is 1. The average molecular weight is 295 g/mol. The maximum atomic E-state index is 11.8. The van der Waals surface area contributed by atoms with Gasteiger partial charge in [0.05, 0.1) is 0 Å². The predicted octanol–water partition coefficient (Wildman–Crippen LogP) is 2.73. The van der Waals surface area contributed by atoms with Crippen molar-refractivity contribution in [3.8, 4) is 11.5 Å². The molecule has 6 heteroatoms. The van der Waals surface area contributed by atoms with Gasteiger partial charge in [-0.1, -0.05) is 24.3 Å². The van der Waals surface area contributed by atoms with Crippen LogP contribution in [0.15, 0.2) is 48.5 Å². The molecule has 104 valence electrons. The second-order valence-corrected chi connectivity index (χ2v) is 3.71. The first-order chi connectivity index (χ1) is 9.09. The highest BCUT2D eigenvalue weighted by atomic mass is 35.5. The van der Waals surface area contributed by atoms with Crippen LogP contribution in [0, 0.1) is 0 Å². The molecule has 20 heavy (non-hydrogen) atoms. The number of carboxylic acid groups (broad SMARTS) is 1. The molecule has 0 fully saturated rings. The molecule has 0 saturated heterocycles. The number of aromatic hydroxyl groups is 1. The number of ether oxygens (including phenoxy) is 1. The molecule has 0 spiro atoms. The second-order valence-electron chi connectivity index (χ2n) is 3.71. The van der Waals surface area contributed by atoms with Crippen LogP contribution in [-0.2, 0) is 0 Å². The molecule has 0 aliphatic heterocycles. The molecule has 0 aliphatic carbocycles. The predicted molar refractivity (Wildman–Crippen MR) is 73.7 cm³/mol. The lowest BCUT2D eigenvalue weighted by Crippen LogP contribution is -2.11. The van der Waals surface area contributed by atoms with Gasteiger partial charge >= 0.3 is 11.9 Å². The minimum absolute atomic E-state index is 0. The van der Waals surface area contributed by atoms with Crippen LogP contribution in [-0.4, -0.2) is 22.2 Å². The van der Waals surface area contributed by atoms with E-state index in [2.05, 4.69) is 0 Å². The van der Waals surface area contributed by atoms with E-state index in [4.69, 9.17) is 9.84 Å². The Morgan fingerprint density at radius 1 is 0.900 bits per heavy atom. The summed E-state index contributed by atoms with van der Waals surface area (Å²) in [6, 6.07) is 11.7. The van der Waals surface area contributed by atoms with Gasteiger partial charge in [-0.3, -0.25) is 0 Å². The fraction of sp³-hybridized carbons (Fsp3) is 0. The highest BCUT2D eigenvalue weighted by Crippen LogP contribution is 2.22. The third-order valence-corrected chi connectivity index (χ3v) is 2.44. The zero-order valence-electron chi connectivity index (χ0n) is 10.1. The normalized spacial score (nSPS) is 9.40. The number of hydrogen-bond donors (Lipinski definition) is 2. The number of hydrogen-bond acceptors (Lipinski definition) is 4. The number of rotatable bonds is 3. The van der Waals surface area contributed by atoms with Crippen LogP contribution in [0.3, 0.4) is 0 Å². The molecule has 0 unspecified atom stereocenters. The summed E-state index contributed by atoms with van der Waals surface area (Å²) in [5.41, 5.74) is -0.144. The largest absolute Gasteiger partial charge is 0.507 e. The number of halogens is 1. The number of aromatic carboxylic acids is 1. The summed E-state index contributed by atoms with van der Waals surface area (Å²) < 4.78 is 4.99. The molecule has 0 heterocycles. The number of phenolic OH excluding ortho intramolecular Hbond substituents is 1. The maximum absolute atomic E-state index is 11.8. The molecular formula is C14H11ClO5. The molecule has 2 N–H and O–H groups in total. The highest BCUT2D eigenvalue weighted by molar-refractivity contribution is 5.96. The maximum Gasteiger partial charge on any atom is 0.347 e. The van der Waals surface area contributed by atoms with Gasteiger partial charge < -0.3 is 14.9 Å². The lowest BCUT2D eigenvalue weighted by atomic mass is 10.2. The molecule has 0 bridgehead atoms. The Morgan fingerprint density at radius 2 is 1.45 bits per heavy atom. The molecule has 0 atom stereocenters. The number of carbonyl (C=O) groups excluding carboxylic acids is 1. The molecule has 0 radical (unpaired) electrons. The Bertz CT molecular complexity index is 639. The van der Waals surface area contributed by atoms with E-state index in [9.17, 15) is 14.7 Å². The van der Waals surface area contributed by atoms with Crippen molar-refractivity contribution in [2.75, 3.05) is 0 Å². The summed E-state index contributed by atoms with van der Waals surface area (Å²) in [5.74, 6) is -2.30. The quantitative estimate of drug-likeness (QED) is 0.672. The van der Waals surface area contributed by atoms with Gasteiger partial charge in [0.25, 0.3) is 0 Å². The first-order valence-corrected chi connectivity index (χ1v) is 5.42. The third kappa shape index (κ3) is 3.27. The summed E-state index contributed by atoms with van der Waals surface area (Å²) in [6.45, 7) is 0. The van der Waals surface area contributed by atoms with Crippen molar-refractivity contribution in [3.63, 3.8) is 0 Å². The summed E-state index contributed by atoms with van der Waals surface area (Å²) in [6.07, 6.45) is 0. The van der Waals surface area contributed by atoms with Crippen molar-refractivity contribution in [2.45, 2.75) is 0 Å². The van der Waals surface area contributed by atoms with E-state index in [0.29, 0.717) is 0 Å². The molecule has 0 amide bonds. The minimum atomic E-state index is -1.19. The summed E-state index contributed by atoms with van der Waals surface area (Å²) >= 11 is 0. The number of phenols is 1. The Kier molecular flexibility index (Phi) is 5.11. The van der Waals surface area contributed by atoms with Gasteiger partial charge in [-0.2, -0.15) is 0 Å². The van der Waals surface area contributed by atoms with Crippen molar-refractivity contribution in [1.82, 2.24) is 0 Å². The van der Waals surface area contributed by atoms with Crippen LogP contribution in [0.25, 0.3) is 0 Å². The van der Waals surface area contributed by atoms with E-state index >= 15 is 0 Å². The van der Waals surface area contributed by atoms with Crippen LogP contribution in [0.2, 0.25) is 0 Å². The highest BCUT2D eigenvalue weighted by Gasteiger charge is 2.17. The van der Waals surface area contributed by atoms with Crippen LogP contribution in [0.4, 0.5) is 0 Å². The Balaban J connectivity index is 0.00000200. The van der Waals surface area contributed by atoms with E-state index < -0.39 is 11.9 Å². The van der Waals surface area contributed by atoms with Gasteiger partial charge in [-0.05, 0) is 24.3 Å². The SMILES string of the molecule is Cl.O=C(Oc1ccccc1C(=O)O)c1ccccc1O. The van der Waals surface area contributed by atoms with E-state index in [0.717, 1.165) is 0 Å². The van der Waals surface area contributed by atoms with Gasteiger partial charge in [-0.15, -0.1) is 12.4 Å². The Hall–Kier alpha value is -2.53. The molecule has 2 rings (SSSR count). The first kappa shape index (κ1) is 15.5. The lowest BCUT2D eigenvalue weighted by Gasteiger charge is -2.07. The summed E-state index contributed by atoms with van der Waals surface area (Å²) in [5, 5.41) is 18.5. The van der Waals surface area contributed by atoms with Crippen LogP contribution in [0.1, 0.15) is 20.7 Å². The first-order valence-electron chi connectivity index (χ1n) is 5.42. The number of para-hydroxylation sites is 2. The molecule has 0 aliphatic rings. The van der Waals surface area contributed by atoms with E-state index in [1.165, 1.54) is 30.3 Å². The summed E-state index contributed by atoms with van der Waals surface area (Å²) in [4.78, 5) is 22.8. The average Bonchev–Trinajstić information content (AvgIpc) is 2.39. The van der Waals surface area contributed by atoms with E-state index in [1.807, 2.05) is 0 Å². The van der Waals surface area contributed by atoms with Gasteiger partial charge in [0.2, 0.25) is 0 Å². The van der Waals surface area contributed by atoms with Crippen LogP contribution in [0.5, 0.6) is 11.5 Å². The smallest absolute Gasteiger partial charge is 0.347 e. The molecule has 2 aromatic rings. The van der Waals surface area contributed by atoms with Crippen LogP contribution >= 0.6 is 12.4 Å². The van der Waals surface area contributed by atoms with E-state index in [1.54, 1.807) is 18.2 Å². The third-order valence-electron chi connectivity index (χ3n) is 2.44. The Morgan fingerprint density at radius 3 is 2.05 bits per heavy atom. The molecular weight excluding hydrogens is 284 g/mol. The lowest BCUT2D eigenvalue weighted by molar-refractivity contribution is 0.0681. The summed E-state index contributed by atoms with van der Waals surface area (Å²) in [7, 11) is 0. The van der Waals surface area contributed by atoms with Gasteiger partial charge in [-0.25, -0.2) is 9.59 Å². The standard InChI is InChI=1S/C14H10O5.ClH/c15-11-7-3-1-5-9(11)14(18)19-12-8-4-2-6-10(12)13(16)17;/h1-8,15H,(H,16,17);1H. The van der Waals surface area contributed by atoms with Crippen molar-refractivity contribution in [3.05, 3.63) is 59.7 Å². The zero-order chi connectivity index (χ0) is 13.8. The van der Waals surface area contributed by atoms with Crippen LogP contribution < -0.4 is 4.74 Å². The molecule has 0 aromatic heterocycles. The minimum Gasteiger partial charge on any atom is -0.507 e. The fourth-order valence-corrected chi connectivity index (χ4v) is 1.53. The van der Waals surface area contributed by atoms with Gasteiger partial charge in [0.15, 0.2) is 0 Å². The van der Waals surface area contributed by atoms with Crippen molar-refractivity contribution in [2.24, 2.45) is 0 Å². The number of esters is 1. The number of benzene rings is 2. The molecule has 5 nitrogen and oxygen atoms in total. The molecule has 0 saturated carbocycles. The van der Waals surface area contributed by atoms with E-state index in [-0.39, 0.29) is 35.0 Å². The van der Waals surface area contributed by atoms with Crippen molar-refractivity contribution in [1.29, 1.82) is 0 Å².